The minimum atomic E-state index is -4.21. The molecular formula is C7H9F3N4. The van der Waals surface area contributed by atoms with Crippen molar-refractivity contribution in [2.24, 2.45) is 7.05 Å². The van der Waals surface area contributed by atoms with Crippen LogP contribution in [0.15, 0.2) is 6.20 Å². The van der Waals surface area contributed by atoms with Crippen LogP contribution >= 0.6 is 0 Å². The Bertz CT molecular complexity index is 339. The van der Waals surface area contributed by atoms with Gasteiger partial charge in [0.15, 0.2) is 0 Å². The van der Waals surface area contributed by atoms with E-state index in [9.17, 15) is 13.2 Å². The van der Waals surface area contributed by atoms with Crippen molar-refractivity contribution in [2.75, 3.05) is 5.32 Å². The number of nitrogens with zero attached hydrogens (tertiary/aromatic N) is 3. The molecule has 1 heterocycles. The lowest BCUT2D eigenvalue weighted by Gasteiger charge is -2.21. The smallest absolute Gasteiger partial charge is 0.355 e. The summed E-state index contributed by atoms with van der Waals surface area (Å²) in [6.45, 7) is 0. The molecule has 14 heavy (non-hydrogen) atoms. The van der Waals surface area contributed by atoms with Crippen LogP contribution in [0.2, 0.25) is 0 Å². The van der Waals surface area contributed by atoms with E-state index in [1.807, 2.05) is 0 Å². The summed E-state index contributed by atoms with van der Waals surface area (Å²) in [5.41, 5.74) is -1.75. The molecule has 1 saturated carbocycles. The van der Waals surface area contributed by atoms with E-state index in [0.29, 0.717) is 5.82 Å². The average molecular weight is 206 g/mol. The highest BCUT2D eigenvalue weighted by atomic mass is 19.4. The molecule has 0 amide bonds. The highest BCUT2D eigenvalue weighted by Gasteiger charge is 2.63. The van der Waals surface area contributed by atoms with E-state index in [-0.39, 0.29) is 12.8 Å². The first kappa shape index (κ1) is 9.29. The molecule has 2 rings (SSSR count). The van der Waals surface area contributed by atoms with Crippen molar-refractivity contribution >= 4 is 5.82 Å². The molecule has 0 radical (unpaired) electrons. The van der Waals surface area contributed by atoms with E-state index in [1.54, 1.807) is 7.05 Å². The van der Waals surface area contributed by atoms with E-state index in [4.69, 9.17) is 0 Å². The van der Waals surface area contributed by atoms with Crippen molar-refractivity contribution in [2.45, 2.75) is 24.6 Å². The van der Waals surface area contributed by atoms with Crippen LogP contribution in [-0.4, -0.2) is 26.7 Å². The summed E-state index contributed by atoms with van der Waals surface area (Å²) in [5.74, 6) is 0.292. The maximum atomic E-state index is 12.5. The standard InChI is InChI=1S/C7H9F3N4/c1-14-5(4-11-13-14)12-6(2-3-6)7(8,9)10/h4,12H,2-3H2,1H3. The van der Waals surface area contributed by atoms with Gasteiger partial charge in [0.1, 0.15) is 11.4 Å². The molecular weight excluding hydrogens is 197 g/mol. The number of rotatable bonds is 2. The lowest BCUT2D eigenvalue weighted by molar-refractivity contribution is -0.151. The molecule has 1 N–H and O–H groups in total. The number of aryl methyl sites for hydroxylation is 1. The van der Waals surface area contributed by atoms with E-state index < -0.39 is 11.7 Å². The topological polar surface area (TPSA) is 42.7 Å². The van der Waals surface area contributed by atoms with Gasteiger partial charge in [-0.25, -0.2) is 4.68 Å². The first-order chi connectivity index (χ1) is 6.45. The van der Waals surface area contributed by atoms with Crippen LogP contribution in [-0.2, 0) is 7.05 Å². The summed E-state index contributed by atoms with van der Waals surface area (Å²) in [7, 11) is 1.54. The highest BCUT2D eigenvalue weighted by Crippen LogP contribution is 2.50. The summed E-state index contributed by atoms with van der Waals surface area (Å²) in [6.07, 6.45) is -2.70. The Morgan fingerprint density at radius 2 is 2.14 bits per heavy atom. The molecule has 7 heteroatoms. The van der Waals surface area contributed by atoms with Gasteiger partial charge in [0, 0.05) is 7.05 Å². The first-order valence-corrected chi connectivity index (χ1v) is 4.14. The van der Waals surface area contributed by atoms with Gasteiger partial charge in [0.05, 0.1) is 6.20 Å². The molecule has 0 aromatic carbocycles. The Balaban J connectivity index is 2.16. The number of hydrogen-bond acceptors (Lipinski definition) is 3. The van der Waals surface area contributed by atoms with E-state index in [2.05, 4.69) is 15.6 Å². The largest absolute Gasteiger partial charge is 0.411 e. The van der Waals surface area contributed by atoms with Gasteiger partial charge in [-0.1, -0.05) is 5.21 Å². The number of anilines is 1. The molecule has 1 aliphatic rings. The Hall–Kier alpha value is -1.27. The van der Waals surface area contributed by atoms with Gasteiger partial charge in [0.2, 0.25) is 0 Å². The van der Waals surface area contributed by atoms with Crippen LogP contribution < -0.4 is 5.32 Å². The van der Waals surface area contributed by atoms with E-state index in [1.165, 1.54) is 10.9 Å². The fourth-order valence-corrected chi connectivity index (χ4v) is 1.25. The zero-order valence-corrected chi connectivity index (χ0v) is 7.47. The van der Waals surface area contributed by atoms with Crippen molar-refractivity contribution in [3.8, 4) is 0 Å². The fraction of sp³-hybridized carbons (Fsp3) is 0.714. The monoisotopic (exact) mass is 206 g/mol. The molecule has 0 spiro atoms. The Morgan fingerprint density at radius 3 is 2.50 bits per heavy atom. The molecule has 4 nitrogen and oxygen atoms in total. The third-order valence-corrected chi connectivity index (χ3v) is 2.37. The SMILES string of the molecule is Cn1nncc1NC1(C(F)(F)F)CC1. The Kier molecular flexibility index (Phi) is 1.73. The van der Waals surface area contributed by atoms with Gasteiger partial charge in [-0.05, 0) is 12.8 Å². The summed E-state index contributed by atoms with van der Waals surface area (Å²) in [4.78, 5) is 0. The predicted molar refractivity (Wildman–Crippen MR) is 42.6 cm³/mol. The highest BCUT2D eigenvalue weighted by molar-refractivity contribution is 5.39. The van der Waals surface area contributed by atoms with Crippen LogP contribution in [0.4, 0.5) is 19.0 Å². The molecule has 1 aliphatic carbocycles. The summed E-state index contributed by atoms with van der Waals surface area (Å²) in [5, 5.41) is 9.48. The summed E-state index contributed by atoms with van der Waals surface area (Å²) < 4.78 is 38.8. The van der Waals surface area contributed by atoms with Gasteiger partial charge in [-0.3, -0.25) is 0 Å². The van der Waals surface area contributed by atoms with Crippen LogP contribution in [0.25, 0.3) is 0 Å². The molecule has 0 bridgehead atoms. The minimum Gasteiger partial charge on any atom is -0.355 e. The van der Waals surface area contributed by atoms with Gasteiger partial charge in [-0.2, -0.15) is 13.2 Å². The van der Waals surface area contributed by atoms with E-state index >= 15 is 0 Å². The zero-order valence-electron chi connectivity index (χ0n) is 7.47. The van der Waals surface area contributed by atoms with Gasteiger partial charge >= 0.3 is 6.18 Å². The third kappa shape index (κ3) is 1.32. The summed E-state index contributed by atoms with van der Waals surface area (Å²) >= 11 is 0. The molecule has 0 atom stereocenters. The molecule has 1 fully saturated rings. The quantitative estimate of drug-likeness (QED) is 0.793. The van der Waals surface area contributed by atoms with Crippen molar-refractivity contribution in [1.29, 1.82) is 0 Å². The lowest BCUT2D eigenvalue weighted by atomic mass is 10.2. The van der Waals surface area contributed by atoms with E-state index in [0.717, 1.165) is 0 Å². The van der Waals surface area contributed by atoms with Crippen LogP contribution in [0.3, 0.4) is 0 Å². The van der Waals surface area contributed by atoms with Crippen LogP contribution in [0, 0.1) is 0 Å². The number of aromatic nitrogens is 3. The predicted octanol–water partition coefficient (Wildman–Crippen LogP) is 1.32. The average Bonchev–Trinajstić information content (AvgIpc) is 2.73. The van der Waals surface area contributed by atoms with Crippen molar-refractivity contribution in [3.05, 3.63) is 6.20 Å². The molecule has 0 unspecified atom stereocenters. The van der Waals surface area contributed by atoms with Crippen molar-refractivity contribution < 1.29 is 13.2 Å². The Labute approximate surface area is 78.1 Å². The molecule has 0 saturated heterocycles. The molecule has 78 valence electrons. The normalized spacial score (nSPS) is 19.4. The minimum absolute atomic E-state index is 0.113. The van der Waals surface area contributed by atoms with Gasteiger partial charge < -0.3 is 5.32 Å². The fourth-order valence-electron chi connectivity index (χ4n) is 1.25. The zero-order chi connectivity index (χ0) is 10.4. The van der Waals surface area contributed by atoms with Gasteiger partial charge in [0.25, 0.3) is 0 Å². The molecule has 1 aromatic rings. The second-order valence-corrected chi connectivity index (χ2v) is 3.45. The number of nitrogens with one attached hydrogen (secondary N) is 1. The van der Waals surface area contributed by atoms with Crippen molar-refractivity contribution in [3.63, 3.8) is 0 Å². The maximum absolute atomic E-state index is 12.5. The molecule has 1 aromatic heterocycles. The van der Waals surface area contributed by atoms with Crippen molar-refractivity contribution in [1.82, 2.24) is 15.0 Å². The van der Waals surface area contributed by atoms with Crippen LogP contribution in [0.1, 0.15) is 12.8 Å². The van der Waals surface area contributed by atoms with Gasteiger partial charge in [-0.15, -0.1) is 5.10 Å². The number of alkyl halides is 3. The number of hydrogen-bond donors (Lipinski definition) is 1. The second kappa shape index (κ2) is 2.61. The maximum Gasteiger partial charge on any atom is 0.411 e. The number of halogens is 3. The first-order valence-electron chi connectivity index (χ1n) is 4.14. The summed E-state index contributed by atoms with van der Waals surface area (Å²) in [6, 6.07) is 0. The second-order valence-electron chi connectivity index (χ2n) is 3.45. The Morgan fingerprint density at radius 1 is 1.50 bits per heavy atom. The molecule has 0 aliphatic heterocycles. The third-order valence-electron chi connectivity index (χ3n) is 2.37. The van der Waals surface area contributed by atoms with Crippen LogP contribution in [0.5, 0.6) is 0 Å². The lowest BCUT2D eigenvalue weighted by Crippen LogP contribution is -2.39.